The third-order valence-corrected chi connectivity index (χ3v) is 3.94. The summed E-state index contributed by atoms with van der Waals surface area (Å²) in [6, 6.07) is 6.29. The van der Waals surface area contributed by atoms with Crippen molar-refractivity contribution in [3.05, 3.63) is 23.8 Å². The molecule has 1 aromatic rings. The van der Waals surface area contributed by atoms with Crippen LogP contribution in [0.15, 0.2) is 18.2 Å². The van der Waals surface area contributed by atoms with Crippen LogP contribution in [0.3, 0.4) is 0 Å². The molecule has 0 spiro atoms. The van der Waals surface area contributed by atoms with Crippen molar-refractivity contribution in [1.29, 1.82) is 0 Å². The second kappa shape index (κ2) is 3.39. The minimum Gasteiger partial charge on any atom is -0.488 e. The van der Waals surface area contributed by atoms with E-state index in [1.54, 1.807) is 0 Å². The number of nitrogens with one attached hydrogen (secondary N) is 1. The van der Waals surface area contributed by atoms with Gasteiger partial charge in [-0.15, -0.1) is 0 Å². The summed E-state index contributed by atoms with van der Waals surface area (Å²) < 4.78 is 5.93. The highest BCUT2D eigenvalue weighted by Crippen LogP contribution is 2.33. The SMILES string of the molecule is c1cc2c(c(OC3CSC3)c1)CCN2. The van der Waals surface area contributed by atoms with Crippen LogP contribution in [-0.4, -0.2) is 24.2 Å². The van der Waals surface area contributed by atoms with Crippen molar-refractivity contribution in [2.45, 2.75) is 12.5 Å². The largest absolute Gasteiger partial charge is 0.488 e. The fourth-order valence-corrected chi connectivity index (χ4v) is 2.45. The van der Waals surface area contributed by atoms with Crippen molar-refractivity contribution in [3.63, 3.8) is 0 Å². The first-order valence-corrected chi connectivity index (χ1v) is 6.19. The maximum atomic E-state index is 5.93. The Morgan fingerprint density at radius 3 is 3.07 bits per heavy atom. The summed E-state index contributed by atoms with van der Waals surface area (Å²) in [5, 5.41) is 3.36. The molecule has 1 saturated heterocycles. The van der Waals surface area contributed by atoms with E-state index in [1.165, 1.54) is 11.3 Å². The zero-order chi connectivity index (χ0) is 9.38. The van der Waals surface area contributed by atoms with Crippen molar-refractivity contribution in [1.82, 2.24) is 0 Å². The molecule has 0 atom stereocenters. The van der Waals surface area contributed by atoms with Crippen molar-refractivity contribution >= 4 is 17.4 Å². The van der Waals surface area contributed by atoms with Crippen molar-refractivity contribution in [3.8, 4) is 5.75 Å². The summed E-state index contributed by atoms with van der Waals surface area (Å²) in [5.74, 6) is 3.39. The molecule has 2 aliphatic rings. The molecule has 3 rings (SSSR count). The van der Waals surface area contributed by atoms with E-state index in [2.05, 4.69) is 23.5 Å². The summed E-state index contributed by atoms with van der Waals surface area (Å²) in [7, 11) is 0. The lowest BCUT2D eigenvalue weighted by molar-refractivity contribution is 0.238. The molecule has 0 radical (unpaired) electrons. The molecule has 2 nitrogen and oxygen atoms in total. The summed E-state index contributed by atoms with van der Waals surface area (Å²) in [6.07, 6.45) is 1.55. The highest BCUT2D eigenvalue weighted by atomic mass is 32.2. The first-order valence-electron chi connectivity index (χ1n) is 5.03. The molecule has 1 aromatic carbocycles. The standard InChI is InChI=1S/C11H13NOS/c1-2-10-9(4-5-12-10)11(3-1)13-8-6-14-7-8/h1-3,8,12H,4-7H2. The minimum atomic E-state index is 0.451. The molecule has 0 bridgehead atoms. The van der Waals surface area contributed by atoms with Crippen LogP contribution < -0.4 is 10.1 Å². The normalized spacial score (nSPS) is 19.7. The second-order valence-electron chi connectivity index (χ2n) is 3.74. The summed E-state index contributed by atoms with van der Waals surface area (Å²) in [4.78, 5) is 0. The fourth-order valence-electron chi connectivity index (χ4n) is 1.88. The topological polar surface area (TPSA) is 21.3 Å². The predicted molar refractivity (Wildman–Crippen MR) is 60.4 cm³/mol. The van der Waals surface area contributed by atoms with Gasteiger partial charge in [-0.25, -0.2) is 0 Å². The van der Waals surface area contributed by atoms with Gasteiger partial charge >= 0.3 is 0 Å². The molecule has 0 saturated carbocycles. The van der Waals surface area contributed by atoms with Crippen LogP contribution in [0.4, 0.5) is 5.69 Å². The van der Waals surface area contributed by atoms with Crippen LogP contribution in [0.25, 0.3) is 0 Å². The molecule has 2 aliphatic heterocycles. The number of hydrogen-bond acceptors (Lipinski definition) is 3. The number of rotatable bonds is 2. The van der Waals surface area contributed by atoms with Crippen LogP contribution in [0.5, 0.6) is 5.75 Å². The average molecular weight is 207 g/mol. The fraction of sp³-hybridized carbons (Fsp3) is 0.455. The van der Waals surface area contributed by atoms with Crippen molar-refractivity contribution < 1.29 is 4.74 Å². The molecule has 14 heavy (non-hydrogen) atoms. The molecule has 1 fully saturated rings. The Morgan fingerprint density at radius 1 is 1.36 bits per heavy atom. The first kappa shape index (κ1) is 8.48. The van der Waals surface area contributed by atoms with Gasteiger partial charge < -0.3 is 10.1 Å². The van der Waals surface area contributed by atoms with Gasteiger partial charge in [0.15, 0.2) is 0 Å². The smallest absolute Gasteiger partial charge is 0.125 e. The average Bonchev–Trinajstić information content (AvgIpc) is 2.59. The lowest BCUT2D eigenvalue weighted by atomic mass is 10.1. The number of fused-ring (bicyclic) bond motifs is 1. The number of anilines is 1. The van der Waals surface area contributed by atoms with E-state index in [9.17, 15) is 0 Å². The molecular formula is C11H13NOS. The van der Waals surface area contributed by atoms with E-state index >= 15 is 0 Å². The molecule has 3 heteroatoms. The van der Waals surface area contributed by atoms with Gasteiger partial charge in [-0.2, -0.15) is 11.8 Å². The van der Waals surface area contributed by atoms with Crippen LogP contribution in [0.1, 0.15) is 5.56 Å². The number of benzene rings is 1. The van der Waals surface area contributed by atoms with Gasteiger partial charge in [0.05, 0.1) is 0 Å². The van der Waals surface area contributed by atoms with E-state index < -0.39 is 0 Å². The van der Waals surface area contributed by atoms with Gasteiger partial charge in [0, 0.05) is 29.3 Å². The lowest BCUT2D eigenvalue weighted by Crippen LogP contribution is -2.31. The van der Waals surface area contributed by atoms with E-state index in [-0.39, 0.29) is 0 Å². The first-order chi connectivity index (χ1) is 6.93. The Morgan fingerprint density at radius 2 is 2.29 bits per heavy atom. The summed E-state index contributed by atoms with van der Waals surface area (Å²) in [6.45, 7) is 1.05. The molecule has 0 aliphatic carbocycles. The van der Waals surface area contributed by atoms with Crippen LogP contribution in [0.2, 0.25) is 0 Å². The van der Waals surface area contributed by atoms with Gasteiger partial charge in [-0.3, -0.25) is 0 Å². The monoisotopic (exact) mass is 207 g/mol. The Hall–Kier alpha value is -0.830. The number of thioether (sulfide) groups is 1. The quantitative estimate of drug-likeness (QED) is 0.803. The lowest BCUT2D eigenvalue weighted by Gasteiger charge is -2.26. The van der Waals surface area contributed by atoms with Gasteiger partial charge in [-0.1, -0.05) is 6.07 Å². The molecule has 0 amide bonds. The van der Waals surface area contributed by atoms with Gasteiger partial charge in [-0.05, 0) is 18.6 Å². The highest BCUT2D eigenvalue weighted by molar-refractivity contribution is 8.00. The summed E-state index contributed by atoms with van der Waals surface area (Å²) in [5.41, 5.74) is 2.62. The zero-order valence-electron chi connectivity index (χ0n) is 7.95. The predicted octanol–water partition coefficient (Wildman–Crippen LogP) is 2.15. The van der Waals surface area contributed by atoms with E-state index in [0.717, 1.165) is 30.2 Å². The Balaban J connectivity index is 1.85. The molecule has 2 heterocycles. The second-order valence-corrected chi connectivity index (χ2v) is 4.81. The van der Waals surface area contributed by atoms with Crippen LogP contribution in [-0.2, 0) is 6.42 Å². The van der Waals surface area contributed by atoms with Gasteiger partial charge in [0.25, 0.3) is 0 Å². The minimum absolute atomic E-state index is 0.451. The van der Waals surface area contributed by atoms with Crippen LogP contribution >= 0.6 is 11.8 Å². The summed E-state index contributed by atoms with van der Waals surface area (Å²) >= 11 is 1.96. The number of hydrogen-bond donors (Lipinski definition) is 1. The Labute approximate surface area is 88.0 Å². The molecule has 1 N–H and O–H groups in total. The highest BCUT2D eigenvalue weighted by Gasteiger charge is 2.22. The zero-order valence-corrected chi connectivity index (χ0v) is 8.77. The van der Waals surface area contributed by atoms with E-state index in [0.29, 0.717) is 6.10 Å². The third kappa shape index (κ3) is 1.36. The van der Waals surface area contributed by atoms with Crippen LogP contribution in [0, 0.1) is 0 Å². The van der Waals surface area contributed by atoms with Gasteiger partial charge in [0.2, 0.25) is 0 Å². The maximum Gasteiger partial charge on any atom is 0.125 e. The van der Waals surface area contributed by atoms with E-state index in [4.69, 9.17) is 4.74 Å². The van der Waals surface area contributed by atoms with Gasteiger partial charge in [0.1, 0.15) is 11.9 Å². The Bertz CT molecular complexity index is 349. The van der Waals surface area contributed by atoms with Crippen molar-refractivity contribution in [2.75, 3.05) is 23.4 Å². The molecule has 74 valence electrons. The van der Waals surface area contributed by atoms with Crippen molar-refractivity contribution in [2.24, 2.45) is 0 Å². The molecule has 0 aromatic heterocycles. The molecular weight excluding hydrogens is 194 g/mol. The molecule has 0 unspecified atom stereocenters. The number of ether oxygens (including phenoxy) is 1. The third-order valence-electron chi connectivity index (χ3n) is 2.72. The maximum absolute atomic E-state index is 5.93. The Kier molecular flexibility index (Phi) is 2.05. The van der Waals surface area contributed by atoms with E-state index in [1.807, 2.05) is 11.8 Å².